The van der Waals surface area contributed by atoms with Crippen LogP contribution in [0.3, 0.4) is 0 Å². The summed E-state index contributed by atoms with van der Waals surface area (Å²) in [6, 6.07) is 0.506. The highest BCUT2D eigenvalue weighted by molar-refractivity contribution is 7.99. The van der Waals surface area contributed by atoms with E-state index in [1.807, 2.05) is 11.9 Å². The lowest BCUT2D eigenvalue weighted by atomic mass is 10.2. The molecular formula is C12H23N5OS. The number of aryl methyl sites for hydroxylation is 1. The predicted octanol–water partition coefficient (Wildman–Crippen LogP) is 1.73. The monoisotopic (exact) mass is 285 g/mol. The van der Waals surface area contributed by atoms with Gasteiger partial charge in [-0.2, -0.15) is 0 Å². The highest BCUT2D eigenvalue weighted by Gasteiger charge is 2.19. The van der Waals surface area contributed by atoms with E-state index in [-0.39, 0.29) is 18.0 Å². The van der Waals surface area contributed by atoms with Gasteiger partial charge < -0.3 is 4.90 Å². The molecular weight excluding hydrogens is 262 g/mol. The van der Waals surface area contributed by atoms with E-state index >= 15 is 0 Å². The van der Waals surface area contributed by atoms with E-state index in [9.17, 15) is 4.79 Å². The molecule has 0 aliphatic carbocycles. The van der Waals surface area contributed by atoms with Crippen LogP contribution >= 0.6 is 11.8 Å². The van der Waals surface area contributed by atoms with Gasteiger partial charge in [0.2, 0.25) is 11.1 Å². The van der Waals surface area contributed by atoms with Crippen LogP contribution in [0, 0.1) is 0 Å². The Hall–Kier alpha value is -1.11. The molecule has 0 aliphatic rings. The smallest absolute Gasteiger partial charge is 0.223 e. The summed E-state index contributed by atoms with van der Waals surface area (Å²) in [6.45, 7) is 8.21. The van der Waals surface area contributed by atoms with Crippen molar-refractivity contribution in [2.75, 3.05) is 5.75 Å². The Morgan fingerprint density at radius 2 is 1.95 bits per heavy atom. The number of carbonyl (C=O) groups is 1. The maximum atomic E-state index is 12.1. The van der Waals surface area contributed by atoms with Crippen LogP contribution in [0.15, 0.2) is 5.16 Å². The second kappa shape index (κ2) is 7.47. The lowest BCUT2D eigenvalue weighted by Crippen LogP contribution is -2.41. The van der Waals surface area contributed by atoms with Crippen LogP contribution in [0.5, 0.6) is 0 Å². The maximum absolute atomic E-state index is 12.1. The fourth-order valence-electron chi connectivity index (χ4n) is 2.03. The Kier molecular flexibility index (Phi) is 6.27. The van der Waals surface area contributed by atoms with E-state index in [1.54, 1.807) is 16.4 Å². The minimum atomic E-state index is 0.224. The Morgan fingerprint density at radius 1 is 1.32 bits per heavy atom. The first-order valence-corrected chi connectivity index (χ1v) is 7.58. The number of hydrogen-bond donors (Lipinski definition) is 0. The van der Waals surface area contributed by atoms with Crippen LogP contribution in [0.4, 0.5) is 0 Å². The zero-order chi connectivity index (χ0) is 14.4. The third-order valence-electron chi connectivity index (χ3n) is 2.75. The molecule has 7 heteroatoms. The van der Waals surface area contributed by atoms with Crippen molar-refractivity contribution in [2.24, 2.45) is 7.05 Å². The Balaban J connectivity index is 2.32. The quantitative estimate of drug-likeness (QED) is 0.564. The van der Waals surface area contributed by atoms with Crippen LogP contribution in [-0.4, -0.2) is 48.9 Å². The zero-order valence-electron chi connectivity index (χ0n) is 12.3. The van der Waals surface area contributed by atoms with Crippen molar-refractivity contribution in [1.29, 1.82) is 0 Å². The second-order valence-corrected chi connectivity index (χ2v) is 6.09. The molecule has 1 rings (SSSR count). The molecule has 0 saturated heterocycles. The normalized spacial score (nSPS) is 11.3. The van der Waals surface area contributed by atoms with Gasteiger partial charge in [-0.1, -0.05) is 11.8 Å². The first-order chi connectivity index (χ1) is 8.93. The second-order valence-electron chi connectivity index (χ2n) is 5.03. The predicted molar refractivity (Wildman–Crippen MR) is 75.9 cm³/mol. The summed E-state index contributed by atoms with van der Waals surface area (Å²) >= 11 is 1.58. The molecule has 0 aromatic carbocycles. The third kappa shape index (κ3) is 4.81. The van der Waals surface area contributed by atoms with Crippen molar-refractivity contribution in [1.82, 2.24) is 25.1 Å². The standard InChI is InChI=1S/C12H23N5OS/c1-9(2)17(10(3)4)11(18)7-6-8-19-12-13-14-15-16(12)5/h9-10H,6-8H2,1-5H3. The van der Waals surface area contributed by atoms with Gasteiger partial charge in [0.05, 0.1) is 0 Å². The molecule has 1 aromatic heterocycles. The highest BCUT2D eigenvalue weighted by Crippen LogP contribution is 2.16. The SMILES string of the molecule is CC(C)N(C(=O)CCCSc1nnnn1C)C(C)C. The molecule has 19 heavy (non-hydrogen) atoms. The maximum Gasteiger partial charge on any atom is 0.223 e. The van der Waals surface area contributed by atoms with E-state index in [2.05, 4.69) is 43.2 Å². The summed E-state index contributed by atoms with van der Waals surface area (Å²) in [6.07, 6.45) is 1.42. The zero-order valence-corrected chi connectivity index (χ0v) is 13.1. The molecule has 0 fully saturated rings. The number of aromatic nitrogens is 4. The van der Waals surface area contributed by atoms with Crippen LogP contribution in [-0.2, 0) is 11.8 Å². The van der Waals surface area contributed by atoms with Crippen molar-refractivity contribution in [3.8, 4) is 0 Å². The molecule has 0 unspecified atom stereocenters. The van der Waals surface area contributed by atoms with Crippen molar-refractivity contribution >= 4 is 17.7 Å². The lowest BCUT2D eigenvalue weighted by molar-refractivity contribution is -0.134. The van der Waals surface area contributed by atoms with Crippen molar-refractivity contribution < 1.29 is 4.79 Å². The fraction of sp³-hybridized carbons (Fsp3) is 0.833. The van der Waals surface area contributed by atoms with Gasteiger partial charge in [0.15, 0.2) is 0 Å². The van der Waals surface area contributed by atoms with Gasteiger partial charge in [0, 0.05) is 31.3 Å². The summed E-state index contributed by atoms with van der Waals surface area (Å²) in [5, 5.41) is 12.0. The summed E-state index contributed by atoms with van der Waals surface area (Å²) in [5.74, 6) is 1.07. The number of nitrogens with zero attached hydrogens (tertiary/aromatic N) is 5. The molecule has 0 N–H and O–H groups in total. The van der Waals surface area contributed by atoms with E-state index in [0.717, 1.165) is 17.3 Å². The fourth-order valence-corrected chi connectivity index (χ4v) is 2.82. The first-order valence-electron chi connectivity index (χ1n) is 6.59. The summed E-state index contributed by atoms with van der Waals surface area (Å²) < 4.78 is 1.64. The van der Waals surface area contributed by atoms with E-state index in [4.69, 9.17) is 0 Å². The van der Waals surface area contributed by atoms with Gasteiger partial charge in [0.25, 0.3) is 0 Å². The van der Waals surface area contributed by atoms with Gasteiger partial charge in [-0.3, -0.25) is 4.79 Å². The Bertz CT molecular complexity index is 397. The van der Waals surface area contributed by atoms with Crippen LogP contribution in [0.2, 0.25) is 0 Å². The Morgan fingerprint density at radius 3 is 2.42 bits per heavy atom. The van der Waals surface area contributed by atoms with Crippen molar-refractivity contribution in [3.63, 3.8) is 0 Å². The van der Waals surface area contributed by atoms with Crippen LogP contribution < -0.4 is 0 Å². The Labute approximate surface area is 118 Å². The van der Waals surface area contributed by atoms with Crippen LogP contribution in [0.25, 0.3) is 0 Å². The number of rotatable bonds is 7. The molecule has 1 aromatic rings. The molecule has 0 spiro atoms. The third-order valence-corrected chi connectivity index (χ3v) is 3.84. The van der Waals surface area contributed by atoms with Gasteiger partial charge in [-0.15, -0.1) is 5.10 Å². The minimum Gasteiger partial charge on any atom is -0.338 e. The molecule has 0 aliphatic heterocycles. The molecule has 108 valence electrons. The first kappa shape index (κ1) is 15.9. The highest BCUT2D eigenvalue weighted by atomic mass is 32.2. The molecule has 0 saturated carbocycles. The number of thioether (sulfide) groups is 1. The number of amides is 1. The topological polar surface area (TPSA) is 63.9 Å². The van der Waals surface area contributed by atoms with Crippen LogP contribution in [0.1, 0.15) is 40.5 Å². The summed E-state index contributed by atoms with van der Waals surface area (Å²) in [7, 11) is 1.81. The minimum absolute atomic E-state index is 0.224. The van der Waals surface area contributed by atoms with E-state index in [1.165, 1.54) is 0 Å². The van der Waals surface area contributed by atoms with E-state index in [0.29, 0.717) is 6.42 Å². The number of tetrazole rings is 1. The van der Waals surface area contributed by atoms with Gasteiger partial charge in [-0.05, 0) is 44.5 Å². The van der Waals surface area contributed by atoms with E-state index < -0.39 is 0 Å². The average Bonchev–Trinajstić information content (AvgIpc) is 2.69. The van der Waals surface area contributed by atoms with Gasteiger partial charge >= 0.3 is 0 Å². The summed E-state index contributed by atoms with van der Waals surface area (Å²) in [4.78, 5) is 14.1. The number of hydrogen-bond acceptors (Lipinski definition) is 5. The molecule has 6 nitrogen and oxygen atoms in total. The molecule has 1 amide bonds. The molecule has 0 radical (unpaired) electrons. The van der Waals surface area contributed by atoms with Crippen molar-refractivity contribution in [2.45, 2.75) is 57.8 Å². The van der Waals surface area contributed by atoms with Gasteiger partial charge in [0.1, 0.15) is 0 Å². The lowest BCUT2D eigenvalue weighted by Gasteiger charge is -2.30. The summed E-state index contributed by atoms with van der Waals surface area (Å²) in [5.41, 5.74) is 0. The average molecular weight is 285 g/mol. The van der Waals surface area contributed by atoms with Crippen molar-refractivity contribution in [3.05, 3.63) is 0 Å². The number of carbonyl (C=O) groups excluding carboxylic acids is 1. The molecule has 1 heterocycles. The van der Waals surface area contributed by atoms with Gasteiger partial charge in [-0.25, -0.2) is 4.68 Å². The molecule has 0 bridgehead atoms. The molecule has 0 atom stereocenters. The largest absolute Gasteiger partial charge is 0.338 e.